The van der Waals surface area contributed by atoms with Crippen molar-refractivity contribution in [3.05, 3.63) is 59.7 Å². The van der Waals surface area contributed by atoms with Crippen LogP contribution in [0, 0.1) is 6.92 Å². The maximum Gasteiger partial charge on any atom is 0.256 e. The molecule has 0 saturated carbocycles. The van der Waals surface area contributed by atoms with Crippen molar-refractivity contribution in [3.8, 4) is 5.75 Å². The molecule has 4 rings (SSSR count). The molecule has 0 unspecified atom stereocenters. The Balaban J connectivity index is 1.79. The first-order chi connectivity index (χ1) is 14.1. The Kier molecular flexibility index (Phi) is 5.16. The average Bonchev–Trinajstić information content (AvgIpc) is 3.06. The summed E-state index contributed by atoms with van der Waals surface area (Å²) in [7, 11) is 1.64. The van der Waals surface area contributed by atoms with E-state index in [9.17, 15) is 4.79 Å². The molecule has 0 spiro atoms. The summed E-state index contributed by atoms with van der Waals surface area (Å²) in [5.41, 5.74) is 3.35. The van der Waals surface area contributed by atoms with Gasteiger partial charge in [0.05, 0.1) is 18.0 Å². The second-order valence-corrected chi connectivity index (χ2v) is 7.16. The molecule has 0 bridgehead atoms. The van der Waals surface area contributed by atoms with Crippen LogP contribution in [0.4, 0.5) is 5.82 Å². The summed E-state index contributed by atoms with van der Waals surface area (Å²) >= 11 is 0. The van der Waals surface area contributed by atoms with Crippen molar-refractivity contribution in [2.45, 2.75) is 33.2 Å². The van der Waals surface area contributed by atoms with Gasteiger partial charge in [0.2, 0.25) is 0 Å². The molecular formula is C23H24N4O2. The number of anilines is 1. The van der Waals surface area contributed by atoms with Crippen LogP contribution in [0.15, 0.2) is 48.5 Å². The molecule has 4 aromatic rings. The van der Waals surface area contributed by atoms with Gasteiger partial charge in [-0.1, -0.05) is 31.0 Å². The zero-order chi connectivity index (χ0) is 20.4. The van der Waals surface area contributed by atoms with Gasteiger partial charge >= 0.3 is 0 Å². The minimum Gasteiger partial charge on any atom is -0.497 e. The number of aromatic nitrogens is 3. The summed E-state index contributed by atoms with van der Waals surface area (Å²) in [6, 6.07) is 15.3. The van der Waals surface area contributed by atoms with E-state index < -0.39 is 0 Å². The third-order valence-electron chi connectivity index (χ3n) is 4.99. The van der Waals surface area contributed by atoms with Gasteiger partial charge in [-0.2, -0.15) is 5.10 Å². The predicted octanol–water partition coefficient (Wildman–Crippen LogP) is 4.95. The lowest BCUT2D eigenvalue weighted by atomic mass is 10.1. The van der Waals surface area contributed by atoms with Gasteiger partial charge in [0.1, 0.15) is 5.75 Å². The molecule has 29 heavy (non-hydrogen) atoms. The average molecular weight is 388 g/mol. The molecule has 0 aliphatic heterocycles. The number of hydrogen-bond acceptors (Lipinski definition) is 4. The molecule has 0 aliphatic carbocycles. The fourth-order valence-corrected chi connectivity index (χ4v) is 3.31. The maximum absolute atomic E-state index is 12.8. The minimum absolute atomic E-state index is 0.183. The summed E-state index contributed by atoms with van der Waals surface area (Å²) in [5, 5.41) is 9.40. The number of unbranched alkanes of at least 4 members (excludes halogenated alkanes) is 1. The number of nitrogens with one attached hydrogen (secondary N) is 1. The van der Waals surface area contributed by atoms with Crippen molar-refractivity contribution < 1.29 is 9.53 Å². The number of fused-ring (bicyclic) bond motifs is 2. The van der Waals surface area contributed by atoms with Crippen LogP contribution in [-0.4, -0.2) is 27.8 Å². The second-order valence-electron chi connectivity index (χ2n) is 7.16. The zero-order valence-corrected chi connectivity index (χ0v) is 16.9. The third kappa shape index (κ3) is 3.78. The fourth-order valence-electron chi connectivity index (χ4n) is 3.31. The van der Waals surface area contributed by atoms with Crippen LogP contribution in [0.2, 0.25) is 0 Å². The Morgan fingerprint density at radius 3 is 2.66 bits per heavy atom. The molecule has 0 saturated heterocycles. The normalized spacial score (nSPS) is 11.1. The van der Waals surface area contributed by atoms with Crippen molar-refractivity contribution in [2.24, 2.45) is 0 Å². The lowest BCUT2D eigenvalue weighted by molar-refractivity contribution is 0.102. The SMILES string of the molecule is CCCCn1nc(NC(=O)c2ccc(C)cc2)c2cc3cc(OC)ccc3nc21. The molecule has 2 heterocycles. The molecular weight excluding hydrogens is 364 g/mol. The van der Waals surface area contributed by atoms with Gasteiger partial charge < -0.3 is 10.1 Å². The van der Waals surface area contributed by atoms with Crippen LogP contribution in [0.5, 0.6) is 5.75 Å². The Labute approximate surface area is 169 Å². The first kappa shape index (κ1) is 18.9. The molecule has 1 N–H and O–H groups in total. The van der Waals surface area contributed by atoms with Gasteiger partial charge in [0, 0.05) is 17.5 Å². The molecule has 2 aromatic carbocycles. The zero-order valence-electron chi connectivity index (χ0n) is 16.9. The van der Waals surface area contributed by atoms with E-state index in [0.29, 0.717) is 11.4 Å². The monoisotopic (exact) mass is 388 g/mol. The molecule has 148 valence electrons. The molecule has 0 radical (unpaired) electrons. The quantitative estimate of drug-likeness (QED) is 0.507. The highest BCUT2D eigenvalue weighted by molar-refractivity contribution is 6.08. The number of methoxy groups -OCH3 is 1. The number of benzene rings is 2. The Morgan fingerprint density at radius 2 is 1.93 bits per heavy atom. The smallest absolute Gasteiger partial charge is 0.256 e. The Bertz CT molecular complexity index is 1180. The lowest BCUT2D eigenvalue weighted by Gasteiger charge is -2.05. The Hall–Kier alpha value is -3.41. The molecule has 0 fully saturated rings. The fraction of sp³-hybridized carbons (Fsp3) is 0.261. The van der Waals surface area contributed by atoms with Crippen molar-refractivity contribution in [1.29, 1.82) is 0 Å². The van der Waals surface area contributed by atoms with Gasteiger partial charge in [-0.25, -0.2) is 9.67 Å². The van der Waals surface area contributed by atoms with Crippen LogP contribution >= 0.6 is 0 Å². The van der Waals surface area contributed by atoms with Crippen molar-refractivity contribution >= 4 is 33.7 Å². The van der Waals surface area contributed by atoms with E-state index in [1.807, 2.05) is 60.1 Å². The molecule has 0 atom stereocenters. The van der Waals surface area contributed by atoms with Gasteiger partial charge in [-0.05, 0) is 49.7 Å². The van der Waals surface area contributed by atoms with Crippen LogP contribution in [0.1, 0.15) is 35.7 Å². The van der Waals surface area contributed by atoms with E-state index in [2.05, 4.69) is 17.3 Å². The van der Waals surface area contributed by atoms with Gasteiger partial charge in [-0.3, -0.25) is 4.79 Å². The number of nitrogens with zero attached hydrogens (tertiary/aromatic N) is 3. The van der Waals surface area contributed by atoms with Crippen LogP contribution in [-0.2, 0) is 6.54 Å². The number of carbonyl (C=O) groups is 1. The van der Waals surface area contributed by atoms with Crippen molar-refractivity contribution in [1.82, 2.24) is 14.8 Å². The van der Waals surface area contributed by atoms with E-state index in [-0.39, 0.29) is 5.91 Å². The number of rotatable bonds is 6. The van der Waals surface area contributed by atoms with Crippen molar-refractivity contribution in [3.63, 3.8) is 0 Å². The summed E-state index contributed by atoms with van der Waals surface area (Å²) in [6.07, 6.45) is 2.04. The summed E-state index contributed by atoms with van der Waals surface area (Å²) < 4.78 is 7.22. The summed E-state index contributed by atoms with van der Waals surface area (Å²) in [6.45, 7) is 4.89. The number of hydrogen-bond donors (Lipinski definition) is 1. The molecule has 1 amide bonds. The Morgan fingerprint density at radius 1 is 1.14 bits per heavy atom. The standard InChI is InChI=1S/C23H24N4O2/c1-4-5-12-27-22-19(14-17-13-18(29-3)10-11-20(17)24-22)21(26-27)25-23(28)16-8-6-15(2)7-9-16/h6-11,13-14H,4-5,12H2,1-3H3,(H,25,26,28). The summed E-state index contributed by atoms with van der Waals surface area (Å²) in [5.74, 6) is 1.11. The van der Waals surface area contributed by atoms with Crippen LogP contribution in [0.3, 0.4) is 0 Å². The van der Waals surface area contributed by atoms with E-state index in [0.717, 1.165) is 52.6 Å². The van der Waals surface area contributed by atoms with Crippen molar-refractivity contribution in [2.75, 3.05) is 12.4 Å². The van der Waals surface area contributed by atoms with E-state index in [1.165, 1.54) is 0 Å². The molecule has 2 aromatic heterocycles. The highest BCUT2D eigenvalue weighted by Crippen LogP contribution is 2.28. The third-order valence-corrected chi connectivity index (χ3v) is 4.99. The largest absolute Gasteiger partial charge is 0.497 e. The van der Waals surface area contributed by atoms with Crippen LogP contribution < -0.4 is 10.1 Å². The predicted molar refractivity (Wildman–Crippen MR) is 116 cm³/mol. The number of aryl methyl sites for hydroxylation is 2. The number of carbonyl (C=O) groups excluding carboxylic acids is 1. The highest BCUT2D eigenvalue weighted by atomic mass is 16.5. The topological polar surface area (TPSA) is 69.0 Å². The molecule has 6 heteroatoms. The minimum atomic E-state index is -0.183. The van der Waals surface area contributed by atoms with E-state index in [1.54, 1.807) is 7.11 Å². The first-order valence-electron chi connectivity index (χ1n) is 9.82. The van der Waals surface area contributed by atoms with Gasteiger partial charge in [-0.15, -0.1) is 0 Å². The number of ether oxygens (including phenoxy) is 1. The van der Waals surface area contributed by atoms with Gasteiger partial charge in [0.15, 0.2) is 11.5 Å². The maximum atomic E-state index is 12.8. The first-order valence-corrected chi connectivity index (χ1v) is 9.82. The summed E-state index contributed by atoms with van der Waals surface area (Å²) in [4.78, 5) is 17.6. The van der Waals surface area contributed by atoms with Gasteiger partial charge in [0.25, 0.3) is 5.91 Å². The number of amides is 1. The second kappa shape index (κ2) is 7.91. The molecule has 0 aliphatic rings. The highest BCUT2D eigenvalue weighted by Gasteiger charge is 2.16. The van der Waals surface area contributed by atoms with E-state index in [4.69, 9.17) is 9.72 Å². The lowest BCUT2D eigenvalue weighted by Crippen LogP contribution is -2.13. The number of pyridine rings is 1. The van der Waals surface area contributed by atoms with E-state index >= 15 is 0 Å². The van der Waals surface area contributed by atoms with Crippen LogP contribution in [0.25, 0.3) is 21.9 Å². The molecule has 6 nitrogen and oxygen atoms in total.